The van der Waals surface area contributed by atoms with E-state index in [1.54, 1.807) is 24.3 Å². The van der Waals surface area contributed by atoms with Gasteiger partial charge >= 0.3 is 0 Å². The highest BCUT2D eigenvalue weighted by molar-refractivity contribution is 6.30. The normalized spacial score (nSPS) is 11.8. The van der Waals surface area contributed by atoms with Gasteiger partial charge in [0.1, 0.15) is 6.04 Å². The van der Waals surface area contributed by atoms with Crippen LogP contribution in [0.5, 0.6) is 0 Å². The van der Waals surface area contributed by atoms with Gasteiger partial charge in [-0.1, -0.05) is 29.3 Å². The Morgan fingerprint density at radius 2 is 1.76 bits per heavy atom. The van der Waals surface area contributed by atoms with Crippen molar-refractivity contribution in [3.63, 3.8) is 0 Å². The first kappa shape index (κ1) is 15.4. The minimum absolute atomic E-state index is 0.0858. The van der Waals surface area contributed by atoms with Gasteiger partial charge in [0.2, 0.25) is 5.91 Å². The molecule has 0 bridgehead atoms. The van der Waals surface area contributed by atoms with Crippen LogP contribution in [0.4, 0.5) is 11.4 Å². The maximum Gasteiger partial charge on any atom is 0.246 e. The predicted molar refractivity (Wildman–Crippen MR) is 89.1 cm³/mol. The van der Waals surface area contributed by atoms with Crippen molar-refractivity contribution >= 4 is 28.9 Å². The van der Waals surface area contributed by atoms with Gasteiger partial charge in [0.25, 0.3) is 0 Å². The van der Waals surface area contributed by atoms with E-state index in [2.05, 4.69) is 16.7 Å². The molecule has 2 N–H and O–H groups in total. The van der Waals surface area contributed by atoms with Crippen LogP contribution >= 0.6 is 11.6 Å². The van der Waals surface area contributed by atoms with Crippen molar-refractivity contribution in [1.82, 2.24) is 0 Å². The van der Waals surface area contributed by atoms with Gasteiger partial charge in [-0.25, -0.2) is 0 Å². The van der Waals surface area contributed by atoms with Crippen LogP contribution < -0.4 is 10.6 Å². The van der Waals surface area contributed by atoms with Crippen molar-refractivity contribution in [2.75, 3.05) is 10.6 Å². The van der Waals surface area contributed by atoms with E-state index >= 15 is 0 Å². The second-order valence-electron chi connectivity index (χ2n) is 5.18. The fourth-order valence-corrected chi connectivity index (χ4v) is 2.18. The molecule has 0 spiro atoms. The first-order chi connectivity index (χ1) is 9.95. The Hall–Kier alpha value is -2.00. The molecular weight excluding hydrogens is 284 g/mol. The molecule has 4 heteroatoms. The summed E-state index contributed by atoms with van der Waals surface area (Å²) in [7, 11) is 0. The fourth-order valence-electron chi connectivity index (χ4n) is 2.06. The number of benzene rings is 2. The number of rotatable bonds is 4. The van der Waals surface area contributed by atoms with Crippen LogP contribution in [0.3, 0.4) is 0 Å². The molecule has 0 unspecified atom stereocenters. The van der Waals surface area contributed by atoms with E-state index in [-0.39, 0.29) is 11.9 Å². The van der Waals surface area contributed by atoms with E-state index in [1.807, 2.05) is 32.9 Å². The lowest BCUT2D eigenvalue weighted by atomic mass is 10.1. The Morgan fingerprint density at radius 3 is 2.38 bits per heavy atom. The summed E-state index contributed by atoms with van der Waals surface area (Å²) in [5.74, 6) is -0.0858. The van der Waals surface area contributed by atoms with Gasteiger partial charge in [-0.15, -0.1) is 0 Å². The van der Waals surface area contributed by atoms with Crippen LogP contribution in [-0.2, 0) is 4.79 Å². The number of halogens is 1. The number of carbonyl (C=O) groups is 1. The standard InChI is InChI=1S/C17H19ClN2O/c1-11-4-9-16(12(2)10-11)19-13(3)17(21)20-15-7-5-14(18)6-8-15/h4-10,13,19H,1-3H3,(H,20,21)/t13-/m0/s1. The van der Waals surface area contributed by atoms with Crippen molar-refractivity contribution in [3.05, 3.63) is 58.6 Å². The maximum atomic E-state index is 12.2. The quantitative estimate of drug-likeness (QED) is 0.879. The van der Waals surface area contributed by atoms with Gasteiger partial charge in [0.15, 0.2) is 0 Å². The molecule has 1 amide bonds. The van der Waals surface area contributed by atoms with E-state index in [4.69, 9.17) is 11.6 Å². The van der Waals surface area contributed by atoms with Crippen LogP contribution in [0.1, 0.15) is 18.1 Å². The summed E-state index contributed by atoms with van der Waals surface area (Å²) in [5, 5.41) is 6.74. The molecule has 0 radical (unpaired) electrons. The Balaban J connectivity index is 2.00. The minimum atomic E-state index is -0.331. The topological polar surface area (TPSA) is 41.1 Å². The Bertz CT molecular complexity index is 638. The van der Waals surface area contributed by atoms with Crippen molar-refractivity contribution in [3.8, 4) is 0 Å². The minimum Gasteiger partial charge on any atom is -0.374 e. The molecule has 21 heavy (non-hydrogen) atoms. The van der Waals surface area contributed by atoms with Gasteiger partial charge in [-0.2, -0.15) is 0 Å². The molecule has 0 heterocycles. The molecule has 3 nitrogen and oxygen atoms in total. The Labute approximate surface area is 130 Å². The third-order valence-corrected chi connectivity index (χ3v) is 3.51. The first-order valence-corrected chi connectivity index (χ1v) is 7.24. The third-order valence-electron chi connectivity index (χ3n) is 3.26. The van der Waals surface area contributed by atoms with Crippen LogP contribution in [0, 0.1) is 13.8 Å². The molecule has 0 saturated carbocycles. The molecule has 2 aromatic rings. The SMILES string of the molecule is Cc1ccc(N[C@@H](C)C(=O)Nc2ccc(Cl)cc2)c(C)c1. The number of nitrogens with one attached hydrogen (secondary N) is 2. The van der Waals surface area contributed by atoms with Crippen molar-refractivity contribution in [2.24, 2.45) is 0 Å². The van der Waals surface area contributed by atoms with Gasteiger partial charge in [0, 0.05) is 16.4 Å². The fraction of sp³-hybridized carbons (Fsp3) is 0.235. The smallest absolute Gasteiger partial charge is 0.246 e. The molecule has 0 aliphatic heterocycles. The Morgan fingerprint density at radius 1 is 1.10 bits per heavy atom. The zero-order valence-electron chi connectivity index (χ0n) is 12.4. The number of hydrogen-bond acceptors (Lipinski definition) is 2. The highest BCUT2D eigenvalue weighted by Crippen LogP contribution is 2.18. The van der Waals surface area contributed by atoms with E-state index < -0.39 is 0 Å². The van der Waals surface area contributed by atoms with Gasteiger partial charge in [-0.05, 0) is 56.7 Å². The summed E-state index contributed by atoms with van der Waals surface area (Å²) >= 11 is 5.82. The summed E-state index contributed by atoms with van der Waals surface area (Å²) in [6, 6.07) is 12.8. The molecular formula is C17H19ClN2O. The molecule has 1 atom stereocenters. The molecule has 110 valence electrons. The summed E-state index contributed by atoms with van der Waals surface area (Å²) in [4.78, 5) is 12.2. The molecule has 2 aromatic carbocycles. The number of carbonyl (C=O) groups excluding carboxylic acids is 1. The van der Waals surface area contributed by atoms with E-state index in [0.29, 0.717) is 5.02 Å². The zero-order chi connectivity index (χ0) is 15.4. The third kappa shape index (κ3) is 4.23. The number of hydrogen-bond donors (Lipinski definition) is 2. The second kappa shape index (κ2) is 6.64. The number of aryl methyl sites for hydroxylation is 2. The summed E-state index contributed by atoms with van der Waals surface area (Å²) in [6.07, 6.45) is 0. The van der Waals surface area contributed by atoms with Crippen LogP contribution in [0.25, 0.3) is 0 Å². The molecule has 0 aliphatic rings. The van der Waals surface area contributed by atoms with Gasteiger partial charge < -0.3 is 10.6 Å². The van der Waals surface area contributed by atoms with Crippen LogP contribution in [0.15, 0.2) is 42.5 Å². The van der Waals surface area contributed by atoms with Crippen molar-refractivity contribution in [1.29, 1.82) is 0 Å². The second-order valence-corrected chi connectivity index (χ2v) is 5.62. The zero-order valence-corrected chi connectivity index (χ0v) is 13.2. The molecule has 0 fully saturated rings. The van der Waals surface area contributed by atoms with E-state index in [0.717, 1.165) is 16.9 Å². The van der Waals surface area contributed by atoms with E-state index in [1.165, 1.54) is 5.56 Å². The lowest BCUT2D eigenvalue weighted by molar-refractivity contribution is -0.116. The molecule has 2 rings (SSSR count). The summed E-state index contributed by atoms with van der Waals surface area (Å²) < 4.78 is 0. The first-order valence-electron chi connectivity index (χ1n) is 6.86. The molecule has 0 aromatic heterocycles. The number of anilines is 2. The highest BCUT2D eigenvalue weighted by Gasteiger charge is 2.13. The highest BCUT2D eigenvalue weighted by atomic mass is 35.5. The average molecular weight is 303 g/mol. The van der Waals surface area contributed by atoms with Crippen molar-refractivity contribution < 1.29 is 4.79 Å². The Kier molecular flexibility index (Phi) is 4.86. The summed E-state index contributed by atoms with van der Waals surface area (Å²) in [6.45, 7) is 5.91. The van der Waals surface area contributed by atoms with E-state index in [9.17, 15) is 4.79 Å². The molecule has 0 aliphatic carbocycles. The lowest BCUT2D eigenvalue weighted by Gasteiger charge is -2.17. The lowest BCUT2D eigenvalue weighted by Crippen LogP contribution is -2.32. The van der Waals surface area contributed by atoms with Gasteiger partial charge in [0.05, 0.1) is 0 Å². The number of amides is 1. The predicted octanol–water partition coefficient (Wildman–Crippen LogP) is 4.40. The largest absolute Gasteiger partial charge is 0.374 e. The summed E-state index contributed by atoms with van der Waals surface area (Å²) in [5.41, 5.74) is 4.04. The van der Waals surface area contributed by atoms with Gasteiger partial charge in [-0.3, -0.25) is 4.79 Å². The average Bonchev–Trinajstić information content (AvgIpc) is 2.44. The van der Waals surface area contributed by atoms with Crippen molar-refractivity contribution in [2.45, 2.75) is 26.8 Å². The van der Waals surface area contributed by atoms with Crippen LogP contribution in [0.2, 0.25) is 5.02 Å². The maximum absolute atomic E-state index is 12.2. The monoisotopic (exact) mass is 302 g/mol. The molecule has 0 saturated heterocycles. The van der Waals surface area contributed by atoms with Crippen LogP contribution in [-0.4, -0.2) is 11.9 Å².